The molecule has 29 heavy (non-hydrogen) atoms. The van der Waals surface area contributed by atoms with Crippen LogP contribution in [0.4, 0.5) is 10.1 Å². The zero-order chi connectivity index (χ0) is 20.7. The molecular weight excluding hydrogens is 411 g/mol. The molecule has 0 atom stereocenters. The molecule has 0 bridgehead atoms. The van der Waals surface area contributed by atoms with Crippen molar-refractivity contribution in [3.8, 4) is 0 Å². The minimum atomic E-state index is -3.88. The highest BCUT2D eigenvalue weighted by molar-refractivity contribution is 7.99. The SMILES string of the molecule is O=C(NCCSC1CCCCC1)c1cccc(S(=O)(=O)Nc2ccc(F)cc2)c1. The zero-order valence-corrected chi connectivity index (χ0v) is 17.7. The van der Waals surface area contributed by atoms with Crippen molar-refractivity contribution < 1.29 is 17.6 Å². The van der Waals surface area contributed by atoms with Crippen LogP contribution in [0.5, 0.6) is 0 Å². The first-order valence-electron chi connectivity index (χ1n) is 9.72. The van der Waals surface area contributed by atoms with E-state index in [9.17, 15) is 17.6 Å². The quantitative estimate of drug-likeness (QED) is 0.601. The van der Waals surface area contributed by atoms with Crippen LogP contribution in [0.1, 0.15) is 42.5 Å². The fraction of sp³-hybridized carbons (Fsp3) is 0.381. The first-order valence-corrected chi connectivity index (χ1v) is 12.3. The van der Waals surface area contributed by atoms with E-state index in [1.807, 2.05) is 11.8 Å². The van der Waals surface area contributed by atoms with Crippen molar-refractivity contribution in [2.24, 2.45) is 0 Å². The van der Waals surface area contributed by atoms with E-state index in [0.29, 0.717) is 11.8 Å². The van der Waals surface area contributed by atoms with E-state index in [2.05, 4.69) is 10.0 Å². The number of hydrogen-bond donors (Lipinski definition) is 2. The number of halogens is 1. The van der Waals surface area contributed by atoms with Gasteiger partial charge in [-0.15, -0.1) is 0 Å². The molecule has 5 nitrogen and oxygen atoms in total. The van der Waals surface area contributed by atoms with Crippen molar-refractivity contribution >= 4 is 33.4 Å². The molecule has 2 N–H and O–H groups in total. The number of rotatable bonds is 8. The molecule has 1 aliphatic rings. The lowest BCUT2D eigenvalue weighted by molar-refractivity contribution is 0.0956. The molecule has 0 spiro atoms. The highest BCUT2D eigenvalue weighted by Crippen LogP contribution is 2.27. The van der Waals surface area contributed by atoms with E-state index in [4.69, 9.17) is 0 Å². The van der Waals surface area contributed by atoms with Gasteiger partial charge in [-0.25, -0.2) is 12.8 Å². The first kappa shape index (κ1) is 21.6. The van der Waals surface area contributed by atoms with Gasteiger partial charge in [-0.2, -0.15) is 11.8 Å². The third kappa shape index (κ3) is 6.47. The summed E-state index contributed by atoms with van der Waals surface area (Å²) < 4.78 is 40.5. The molecule has 0 aliphatic heterocycles. The van der Waals surface area contributed by atoms with Gasteiger partial charge in [0, 0.05) is 28.8 Å². The van der Waals surface area contributed by atoms with Crippen LogP contribution in [0.3, 0.4) is 0 Å². The lowest BCUT2D eigenvalue weighted by Crippen LogP contribution is -2.26. The molecule has 0 heterocycles. The Hall–Kier alpha value is -2.06. The van der Waals surface area contributed by atoms with Gasteiger partial charge in [0.25, 0.3) is 15.9 Å². The van der Waals surface area contributed by atoms with Gasteiger partial charge >= 0.3 is 0 Å². The average Bonchev–Trinajstić information content (AvgIpc) is 2.73. The molecule has 2 aromatic carbocycles. The summed E-state index contributed by atoms with van der Waals surface area (Å²) in [6.07, 6.45) is 6.40. The summed E-state index contributed by atoms with van der Waals surface area (Å²) in [7, 11) is -3.88. The Morgan fingerprint density at radius 3 is 2.52 bits per heavy atom. The van der Waals surface area contributed by atoms with Crippen LogP contribution in [0.15, 0.2) is 53.4 Å². The van der Waals surface area contributed by atoms with Crippen molar-refractivity contribution in [3.63, 3.8) is 0 Å². The number of hydrogen-bond acceptors (Lipinski definition) is 4. The zero-order valence-electron chi connectivity index (χ0n) is 16.1. The second kappa shape index (κ2) is 10.1. The third-order valence-corrected chi connectivity index (χ3v) is 7.56. The van der Waals surface area contributed by atoms with E-state index in [1.165, 1.54) is 74.6 Å². The van der Waals surface area contributed by atoms with Crippen molar-refractivity contribution in [2.45, 2.75) is 42.2 Å². The Bertz CT molecular complexity index is 927. The Balaban J connectivity index is 1.56. The lowest BCUT2D eigenvalue weighted by atomic mass is 10.0. The van der Waals surface area contributed by atoms with E-state index in [-0.39, 0.29) is 22.1 Å². The number of anilines is 1. The van der Waals surface area contributed by atoms with Crippen LogP contribution in [-0.4, -0.2) is 31.9 Å². The maximum Gasteiger partial charge on any atom is 0.261 e. The smallest absolute Gasteiger partial charge is 0.261 e. The maximum absolute atomic E-state index is 13.0. The highest BCUT2D eigenvalue weighted by atomic mass is 32.2. The van der Waals surface area contributed by atoms with Gasteiger partial charge in [0.15, 0.2) is 0 Å². The number of amides is 1. The van der Waals surface area contributed by atoms with Crippen LogP contribution in [0.25, 0.3) is 0 Å². The molecule has 0 unspecified atom stereocenters. The molecule has 156 valence electrons. The predicted octanol–water partition coefficient (Wildman–Crippen LogP) is 4.42. The Morgan fingerprint density at radius 1 is 1.07 bits per heavy atom. The first-order chi connectivity index (χ1) is 13.9. The normalized spacial score (nSPS) is 15.1. The minimum absolute atomic E-state index is 0.0222. The van der Waals surface area contributed by atoms with Crippen molar-refractivity contribution in [2.75, 3.05) is 17.0 Å². The van der Waals surface area contributed by atoms with E-state index >= 15 is 0 Å². The number of benzene rings is 2. The molecule has 8 heteroatoms. The average molecular weight is 437 g/mol. The molecule has 3 rings (SSSR count). The van der Waals surface area contributed by atoms with E-state index in [1.54, 1.807) is 6.07 Å². The summed E-state index contributed by atoms with van der Waals surface area (Å²) in [4.78, 5) is 12.4. The van der Waals surface area contributed by atoms with Gasteiger partial charge in [-0.3, -0.25) is 9.52 Å². The van der Waals surface area contributed by atoms with Crippen LogP contribution < -0.4 is 10.0 Å². The summed E-state index contributed by atoms with van der Waals surface area (Å²) in [5.74, 6) is 0.0990. The molecule has 0 radical (unpaired) electrons. The monoisotopic (exact) mass is 436 g/mol. The topological polar surface area (TPSA) is 75.3 Å². The third-order valence-electron chi connectivity index (χ3n) is 4.80. The van der Waals surface area contributed by atoms with Crippen LogP contribution in [0, 0.1) is 5.82 Å². The number of carbonyl (C=O) groups excluding carboxylic acids is 1. The largest absolute Gasteiger partial charge is 0.351 e. The van der Waals surface area contributed by atoms with Gasteiger partial charge in [0.1, 0.15) is 5.82 Å². The number of sulfonamides is 1. The molecule has 1 saturated carbocycles. The fourth-order valence-corrected chi connectivity index (χ4v) is 5.58. The van der Waals surface area contributed by atoms with Crippen molar-refractivity contribution in [3.05, 3.63) is 59.9 Å². The maximum atomic E-state index is 13.0. The van der Waals surface area contributed by atoms with Gasteiger partial charge in [0.05, 0.1) is 4.90 Å². The fourth-order valence-electron chi connectivity index (χ4n) is 3.26. The van der Waals surface area contributed by atoms with E-state index in [0.717, 1.165) is 5.75 Å². The molecule has 1 fully saturated rings. The predicted molar refractivity (Wildman–Crippen MR) is 115 cm³/mol. The standard InChI is InChI=1S/C21H25FN2O3S2/c22-17-9-11-18(12-10-17)24-29(26,27)20-8-4-5-16(15-20)21(25)23-13-14-28-19-6-2-1-3-7-19/h4-5,8-12,15,19,24H,1-3,6-7,13-14H2,(H,23,25). The van der Waals surface area contributed by atoms with Crippen molar-refractivity contribution in [1.29, 1.82) is 0 Å². The second-order valence-corrected chi connectivity index (χ2v) is 10.1. The number of thioether (sulfide) groups is 1. The Kier molecular flexibility index (Phi) is 7.55. The van der Waals surface area contributed by atoms with Gasteiger partial charge in [-0.1, -0.05) is 25.3 Å². The summed E-state index contributed by atoms with van der Waals surface area (Å²) in [6.45, 7) is 0.546. The summed E-state index contributed by atoms with van der Waals surface area (Å²) in [5, 5.41) is 3.54. The van der Waals surface area contributed by atoms with Crippen LogP contribution in [0.2, 0.25) is 0 Å². The Labute approximate surface area is 175 Å². The number of nitrogens with one attached hydrogen (secondary N) is 2. The van der Waals surface area contributed by atoms with Crippen LogP contribution >= 0.6 is 11.8 Å². The highest BCUT2D eigenvalue weighted by Gasteiger charge is 2.17. The molecular formula is C21H25FN2O3S2. The molecule has 2 aromatic rings. The van der Waals surface area contributed by atoms with Gasteiger partial charge in [-0.05, 0) is 55.3 Å². The summed E-state index contributed by atoms with van der Waals surface area (Å²) in [5.41, 5.74) is 0.538. The molecule has 1 aliphatic carbocycles. The molecule has 0 aromatic heterocycles. The minimum Gasteiger partial charge on any atom is -0.351 e. The van der Waals surface area contributed by atoms with Gasteiger partial charge < -0.3 is 5.32 Å². The molecule has 0 saturated heterocycles. The summed E-state index contributed by atoms with van der Waals surface area (Å²) >= 11 is 1.90. The molecule has 1 amide bonds. The van der Waals surface area contributed by atoms with Crippen LogP contribution in [-0.2, 0) is 10.0 Å². The second-order valence-electron chi connectivity index (χ2n) is 7.03. The van der Waals surface area contributed by atoms with Gasteiger partial charge in [0.2, 0.25) is 0 Å². The number of carbonyl (C=O) groups is 1. The lowest BCUT2D eigenvalue weighted by Gasteiger charge is -2.20. The summed E-state index contributed by atoms with van der Waals surface area (Å²) in [6, 6.07) is 10.9. The van der Waals surface area contributed by atoms with Crippen molar-refractivity contribution in [1.82, 2.24) is 5.32 Å². The van der Waals surface area contributed by atoms with E-state index < -0.39 is 15.8 Å². The Morgan fingerprint density at radius 2 is 1.79 bits per heavy atom.